The van der Waals surface area contributed by atoms with Crippen molar-refractivity contribution in [3.8, 4) is 0 Å². The van der Waals surface area contributed by atoms with E-state index >= 15 is 0 Å². The molecule has 3 rings (SSSR count). The second-order valence-corrected chi connectivity index (χ2v) is 8.18. The fourth-order valence-corrected chi connectivity index (χ4v) is 4.49. The van der Waals surface area contributed by atoms with Gasteiger partial charge in [0.15, 0.2) is 0 Å². The van der Waals surface area contributed by atoms with Crippen LogP contribution in [0.2, 0.25) is 0 Å². The van der Waals surface area contributed by atoms with Crippen molar-refractivity contribution < 1.29 is 14.0 Å². The molecule has 1 saturated heterocycles. The molecule has 1 aliphatic carbocycles. The average molecular weight is 393 g/mol. The van der Waals surface area contributed by atoms with E-state index in [9.17, 15) is 14.0 Å². The van der Waals surface area contributed by atoms with Crippen molar-refractivity contribution in [2.75, 3.05) is 6.54 Å². The third kappa shape index (κ3) is 4.71. The monoisotopic (exact) mass is 392 g/mol. The maximum atomic E-state index is 13.8. The van der Waals surface area contributed by atoms with Gasteiger partial charge in [-0.15, -0.1) is 0 Å². The first-order valence-corrected chi connectivity index (χ1v) is 10.1. The van der Waals surface area contributed by atoms with Crippen molar-refractivity contribution in [2.24, 2.45) is 0 Å². The van der Waals surface area contributed by atoms with Gasteiger partial charge in [0.2, 0.25) is 5.91 Å². The molecule has 2 aliphatic rings. The molecule has 1 N–H and O–H groups in total. The van der Waals surface area contributed by atoms with E-state index in [4.69, 9.17) is 12.2 Å². The Morgan fingerprint density at radius 3 is 2.77 bits per heavy atom. The van der Waals surface area contributed by atoms with Gasteiger partial charge in [-0.05, 0) is 25.0 Å². The van der Waals surface area contributed by atoms with Crippen molar-refractivity contribution in [2.45, 2.75) is 44.6 Å². The molecule has 0 atom stereocenters. The zero-order valence-corrected chi connectivity index (χ0v) is 16.0. The van der Waals surface area contributed by atoms with E-state index in [1.165, 1.54) is 23.5 Å². The average Bonchev–Trinajstić information content (AvgIpc) is 2.89. The molecular weight excluding hydrogens is 371 g/mol. The van der Waals surface area contributed by atoms with Crippen LogP contribution in [0.4, 0.5) is 4.39 Å². The predicted octanol–water partition coefficient (Wildman–Crippen LogP) is 3.87. The lowest BCUT2D eigenvalue weighted by Crippen LogP contribution is -2.39. The number of thioether (sulfide) groups is 1. The zero-order valence-electron chi connectivity index (χ0n) is 14.4. The van der Waals surface area contributed by atoms with Gasteiger partial charge in [-0.2, -0.15) is 0 Å². The maximum Gasteiger partial charge on any atom is 0.266 e. The number of hydrogen-bond donors (Lipinski definition) is 1. The van der Waals surface area contributed by atoms with E-state index < -0.39 is 0 Å². The topological polar surface area (TPSA) is 49.4 Å². The third-order valence-corrected chi connectivity index (χ3v) is 5.98. The Morgan fingerprint density at radius 1 is 1.31 bits per heavy atom. The molecule has 0 unspecified atom stereocenters. The summed E-state index contributed by atoms with van der Waals surface area (Å²) in [5, 5.41) is 3.04. The Kier molecular flexibility index (Phi) is 6.43. The second kappa shape index (κ2) is 8.77. The van der Waals surface area contributed by atoms with E-state index in [0.717, 1.165) is 37.4 Å². The van der Waals surface area contributed by atoms with Crippen molar-refractivity contribution >= 4 is 46.2 Å². The molecule has 0 radical (unpaired) electrons. The van der Waals surface area contributed by atoms with E-state index in [2.05, 4.69) is 5.32 Å². The summed E-state index contributed by atoms with van der Waals surface area (Å²) in [5.74, 6) is -0.706. The fourth-order valence-electron chi connectivity index (χ4n) is 3.19. The lowest BCUT2D eigenvalue weighted by atomic mass is 9.95. The summed E-state index contributed by atoms with van der Waals surface area (Å²) in [4.78, 5) is 26.5. The van der Waals surface area contributed by atoms with Crippen LogP contribution in [0.5, 0.6) is 0 Å². The highest BCUT2D eigenvalue weighted by Gasteiger charge is 2.32. The number of carbonyl (C=O) groups is 2. The molecule has 1 aromatic rings. The number of nitrogens with zero attached hydrogens (tertiary/aromatic N) is 1. The summed E-state index contributed by atoms with van der Waals surface area (Å²) in [7, 11) is 0. The van der Waals surface area contributed by atoms with E-state index in [1.54, 1.807) is 18.2 Å². The van der Waals surface area contributed by atoms with Crippen molar-refractivity contribution in [3.05, 3.63) is 40.6 Å². The molecule has 7 heteroatoms. The molecule has 4 nitrogen and oxygen atoms in total. The minimum absolute atomic E-state index is 0.0518. The Morgan fingerprint density at radius 2 is 2.04 bits per heavy atom. The van der Waals surface area contributed by atoms with Gasteiger partial charge in [0.25, 0.3) is 5.91 Å². The second-order valence-electron chi connectivity index (χ2n) is 6.51. The smallest absolute Gasteiger partial charge is 0.266 e. The molecule has 1 aromatic carbocycles. The van der Waals surface area contributed by atoms with Crippen LogP contribution in [0.25, 0.3) is 6.08 Å². The van der Waals surface area contributed by atoms with Crippen LogP contribution < -0.4 is 5.32 Å². The largest absolute Gasteiger partial charge is 0.353 e. The maximum absolute atomic E-state index is 13.8. The van der Waals surface area contributed by atoms with Crippen LogP contribution in [0.1, 0.15) is 44.1 Å². The third-order valence-electron chi connectivity index (χ3n) is 4.60. The van der Waals surface area contributed by atoms with Crippen LogP contribution in [0.15, 0.2) is 29.2 Å². The number of rotatable bonds is 5. The highest BCUT2D eigenvalue weighted by Crippen LogP contribution is 2.33. The molecule has 0 spiro atoms. The predicted molar refractivity (Wildman–Crippen MR) is 106 cm³/mol. The Bertz CT molecular complexity index is 745. The minimum Gasteiger partial charge on any atom is -0.353 e. The summed E-state index contributed by atoms with van der Waals surface area (Å²) in [5.41, 5.74) is 0.350. The number of thiocarbonyl (C=S) groups is 1. The minimum atomic E-state index is -0.385. The lowest BCUT2D eigenvalue weighted by Gasteiger charge is -2.23. The Labute approximate surface area is 162 Å². The summed E-state index contributed by atoms with van der Waals surface area (Å²) < 4.78 is 14.2. The number of amides is 2. The Hall–Kier alpha value is -1.73. The standard InChI is InChI=1S/C19H21FN2O2S2/c20-15-9-5-4-6-13(15)12-16-18(24)22(19(25)26-16)11-10-17(23)21-14-7-2-1-3-8-14/h4-6,9,12,14H,1-3,7-8,10-11H2,(H,21,23)/b16-12+. The van der Waals surface area contributed by atoms with E-state index in [-0.39, 0.29) is 36.6 Å². The number of hydrogen-bond acceptors (Lipinski definition) is 4. The highest BCUT2D eigenvalue weighted by atomic mass is 32.2. The van der Waals surface area contributed by atoms with Gasteiger partial charge in [-0.25, -0.2) is 4.39 Å². The van der Waals surface area contributed by atoms with E-state index in [0.29, 0.717) is 14.8 Å². The first-order chi connectivity index (χ1) is 12.5. The molecule has 1 heterocycles. The summed E-state index contributed by atoms with van der Waals surface area (Å²) in [6.45, 7) is 0.248. The van der Waals surface area contributed by atoms with Crippen LogP contribution in [-0.4, -0.2) is 33.6 Å². The van der Waals surface area contributed by atoms with Gasteiger partial charge in [0, 0.05) is 24.6 Å². The fraction of sp³-hybridized carbons (Fsp3) is 0.421. The number of halogens is 1. The van der Waals surface area contributed by atoms with Crippen LogP contribution in [0.3, 0.4) is 0 Å². The van der Waals surface area contributed by atoms with E-state index in [1.807, 2.05) is 0 Å². The number of carbonyl (C=O) groups excluding carboxylic acids is 2. The normalized spacial score (nSPS) is 20.0. The molecule has 1 aliphatic heterocycles. The van der Waals surface area contributed by atoms with Gasteiger partial charge in [0.1, 0.15) is 10.1 Å². The first kappa shape index (κ1) is 19.0. The molecule has 0 bridgehead atoms. The zero-order chi connectivity index (χ0) is 18.5. The van der Waals surface area contributed by atoms with Crippen LogP contribution >= 0.6 is 24.0 Å². The lowest BCUT2D eigenvalue weighted by molar-refractivity contribution is -0.124. The summed E-state index contributed by atoms with van der Waals surface area (Å²) >= 11 is 6.40. The molecule has 138 valence electrons. The van der Waals surface area contributed by atoms with Gasteiger partial charge in [0.05, 0.1) is 4.91 Å². The van der Waals surface area contributed by atoms with Gasteiger partial charge in [-0.1, -0.05) is 61.4 Å². The molecule has 26 heavy (non-hydrogen) atoms. The molecule has 0 aromatic heterocycles. The molecular formula is C19H21FN2O2S2. The van der Waals surface area contributed by atoms with Gasteiger partial charge >= 0.3 is 0 Å². The number of nitrogens with one attached hydrogen (secondary N) is 1. The summed E-state index contributed by atoms with van der Waals surface area (Å²) in [6.07, 6.45) is 7.32. The van der Waals surface area contributed by atoms with Gasteiger partial charge < -0.3 is 5.32 Å². The van der Waals surface area contributed by atoms with Crippen molar-refractivity contribution in [3.63, 3.8) is 0 Å². The van der Waals surface area contributed by atoms with Crippen LogP contribution in [-0.2, 0) is 9.59 Å². The molecule has 2 amide bonds. The van der Waals surface area contributed by atoms with Crippen LogP contribution in [0, 0.1) is 5.82 Å². The summed E-state index contributed by atoms with van der Waals surface area (Å²) in [6, 6.07) is 6.53. The molecule has 2 fully saturated rings. The Balaban J connectivity index is 1.57. The number of benzene rings is 1. The first-order valence-electron chi connectivity index (χ1n) is 8.84. The highest BCUT2D eigenvalue weighted by molar-refractivity contribution is 8.26. The van der Waals surface area contributed by atoms with Crippen molar-refractivity contribution in [1.29, 1.82) is 0 Å². The quantitative estimate of drug-likeness (QED) is 0.611. The van der Waals surface area contributed by atoms with Gasteiger partial charge in [-0.3, -0.25) is 14.5 Å². The molecule has 1 saturated carbocycles. The SMILES string of the molecule is O=C(CCN1C(=O)/C(=C\c2ccccc2F)SC1=S)NC1CCCCC1. The van der Waals surface area contributed by atoms with Crippen molar-refractivity contribution in [1.82, 2.24) is 10.2 Å².